The zero-order valence-corrected chi connectivity index (χ0v) is 11.1. The normalized spacial score (nSPS) is 28.6. The summed E-state index contributed by atoms with van der Waals surface area (Å²) < 4.78 is 2.06. The largest absolute Gasteiger partial charge is 0.392 e. The number of aliphatic hydroxyl groups excluding tert-OH is 2. The SMILES string of the molecule is OCc1nnc(SC2CCCCC2O)n1C1CC1. The van der Waals surface area contributed by atoms with Gasteiger partial charge >= 0.3 is 0 Å². The highest BCUT2D eigenvalue weighted by Crippen LogP contribution is 2.41. The van der Waals surface area contributed by atoms with Crippen LogP contribution in [0.4, 0.5) is 0 Å². The molecule has 1 aromatic rings. The highest BCUT2D eigenvalue weighted by molar-refractivity contribution is 7.99. The zero-order chi connectivity index (χ0) is 12.5. The van der Waals surface area contributed by atoms with Crippen LogP contribution in [0.2, 0.25) is 0 Å². The number of hydrogen-bond donors (Lipinski definition) is 2. The van der Waals surface area contributed by atoms with E-state index in [0.717, 1.165) is 37.3 Å². The minimum absolute atomic E-state index is 0.0583. The summed E-state index contributed by atoms with van der Waals surface area (Å²) in [7, 11) is 0. The van der Waals surface area contributed by atoms with Crippen LogP contribution in [-0.2, 0) is 6.61 Å². The fourth-order valence-corrected chi connectivity index (χ4v) is 3.85. The first kappa shape index (κ1) is 12.4. The molecule has 5 nitrogen and oxygen atoms in total. The number of rotatable bonds is 4. The van der Waals surface area contributed by atoms with E-state index in [2.05, 4.69) is 14.8 Å². The molecule has 18 heavy (non-hydrogen) atoms. The summed E-state index contributed by atoms with van der Waals surface area (Å²) in [4.78, 5) is 0. The third-order valence-corrected chi connectivity index (χ3v) is 5.05. The van der Waals surface area contributed by atoms with Gasteiger partial charge in [-0.15, -0.1) is 10.2 Å². The molecule has 0 amide bonds. The number of hydrogen-bond acceptors (Lipinski definition) is 5. The van der Waals surface area contributed by atoms with Gasteiger partial charge in [-0.2, -0.15) is 0 Å². The summed E-state index contributed by atoms with van der Waals surface area (Å²) in [6.07, 6.45) is 6.29. The van der Waals surface area contributed by atoms with Crippen LogP contribution in [0.15, 0.2) is 5.16 Å². The van der Waals surface area contributed by atoms with Crippen molar-refractivity contribution in [1.82, 2.24) is 14.8 Å². The van der Waals surface area contributed by atoms with E-state index in [1.165, 1.54) is 6.42 Å². The summed E-state index contributed by atoms with van der Waals surface area (Å²) in [5.41, 5.74) is 0. The van der Waals surface area contributed by atoms with Gasteiger partial charge in [0.25, 0.3) is 0 Å². The summed E-state index contributed by atoms with van der Waals surface area (Å²) in [6, 6.07) is 0.463. The van der Waals surface area contributed by atoms with Crippen molar-refractivity contribution in [3.05, 3.63) is 5.82 Å². The van der Waals surface area contributed by atoms with Crippen molar-refractivity contribution in [3.8, 4) is 0 Å². The molecule has 2 unspecified atom stereocenters. The molecule has 0 aliphatic heterocycles. The van der Waals surface area contributed by atoms with E-state index < -0.39 is 0 Å². The molecule has 2 aliphatic rings. The van der Waals surface area contributed by atoms with Gasteiger partial charge < -0.3 is 14.8 Å². The van der Waals surface area contributed by atoms with Gasteiger partial charge in [0.15, 0.2) is 11.0 Å². The quantitative estimate of drug-likeness (QED) is 0.866. The number of aromatic nitrogens is 3. The van der Waals surface area contributed by atoms with E-state index in [0.29, 0.717) is 11.9 Å². The molecule has 2 atom stereocenters. The van der Waals surface area contributed by atoms with Crippen molar-refractivity contribution in [3.63, 3.8) is 0 Å². The van der Waals surface area contributed by atoms with Crippen molar-refractivity contribution < 1.29 is 10.2 Å². The predicted molar refractivity (Wildman–Crippen MR) is 68.3 cm³/mol. The Kier molecular flexibility index (Phi) is 3.59. The maximum atomic E-state index is 10.0. The molecule has 0 bridgehead atoms. The summed E-state index contributed by atoms with van der Waals surface area (Å²) in [6.45, 7) is -0.0583. The van der Waals surface area contributed by atoms with Gasteiger partial charge in [0.1, 0.15) is 6.61 Å². The second-order valence-corrected chi connectivity index (χ2v) is 6.37. The van der Waals surface area contributed by atoms with Crippen molar-refractivity contribution in [2.75, 3.05) is 0 Å². The van der Waals surface area contributed by atoms with Crippen LogP contribution in [-0.4, -0.2) is 36.3 Å². The van der Waals surface area contributed by atoms with Gasteiger partial charge in [0.05, 0.1) is 6.10 Å². The van der Waals surface area contributed by atoms with E-state index in [1.54, 1.807) is 11.8 Å². The fourth-order valence-electron chi connectivity index (χ4n) is 2.55. The predicted octanol–water partition coefficient (Wildman–Crippen LogP) is 1.50. The van der Waals surface area contributed by atoms with Gasteiger partial charge in [-0.1, -0.05) is 24.6 Å². The Bertz CT molecular complexity index is 419. The Hall–Kier alpha value is -0.590. The maximum absolute atomic E-state index is 10.0. The van der Waals surface area contributed by atoms with Crippen LogP contribution in [0.3, 0.4) is 0 Å². The van der Waals surface area contributed by atoms with Gasteiger partial charge in [-0.3, -0.25) is 0 Å². The minimum Gasteiger partial charge on any atom is -0.392 e. The van der Waals surface area contributed by atoms with Gasteiger partial charge in [-0.05, 0) is 25.7 Å². The fraction of sp³-hybridized carbons (Fsp3) is 0.833. The lowest BCUT2D eigenvalue weighted by Gasteiger charge is -2.26. The van der Waals surface area contributed by atoms with E-state index in [9.17, 15) is 10.2 Å². The number of nitrogens with zero attached hydrogens (tertiary/aromatic N) is 3. The Morgan fingerprint density at radius 3 is 2.61 bits per heavy atom. The van der Waals surface area contributed by atoms with E-state index in [1.807, 2.05) is 0 Å². The van der Waals surface area contributed by atoms with Gasteiger partial charge in [-0.25, -0.2) is 0 Å². The Labute approximate surface area is 111 Å². The van der Waals surface area contributed by atoms with Crippen molar-refractivity contribution >= 4 is 11.8 Å². The van der Waals surface area contributed by atoms with Gasteiger partial charge in [0.2, 0.25) is 0 Å². The third-order valence-electron chi connectivity index (χ3n) is 3.71. The average Bonchev–Trinajstić information content (AvgIpc) is 3.14. The van der Waals surface area contributed by atoms with Crippen LogP contribution in [0, 0.1) is 0 Å². The van der Waals surface area contributed by atoms with E-state index in [4.69, 9.17) is 0 Å². The van der Waals surface area contributed by atoms with Crippen LogP contribution in [0.5, 0.6) is 0 Å². The van der Waals surface area contributed by atoms with Crippen molar-refractivity contribution in [2.45, 2.75) is 67.7 Å². The summed E-state index contributed by atoms with van der Waals surface area (Å²) in [5, 5.41) is 28.6. The molecule has 3 rings (SSSR count). The highest BCUT2D eigenvalue weighted by atomic mass is 32.2. The summed E-state index contributed by atoms with van der Waals surface area (Å²) in [5.74, 6) is 0.658. The second kappa shape index (κ2) is 5.19. The first-order valence-electron chi connectivity index (χ1n) is 6.69. The minimum atomic E-state index is -0.231. The molecule has 1 aromatic heterocycles. The first-order chi connectivity index (χ1) is 8.79. The Morgan fingerprint density at radius 2 is 1.94 bits per heavy atom. The van der Waals surface area contributed by atoms with Crippen molar-refractivity contribution in [1.29, 1.82) is 0 Å². The molecule has 2 saturated carbocycles. The molecule has 0 aromatic carbocycles. The molecule has 100 valence electrons. The number of thioether (sulfide) groups is 1. The molecule has 2 aliphatic carbocycles. The maximum Gasteiger partial charge on any atom is 0.191 e. The standard InChI is InChI=1S/C12H19N3O2S/c16-7-11-13-14-12(15(11)8-5-6-8)18-10-4-2-1-3-9(10)17/h8-10,16-17H,1-7H2. The molecule has 6 heteroatoms. The monoisotopic (exact) mass is 269 g/mol. The molecule has 1 heterocycles. The highest BCUT2D eigenvalue weighted by Gasteiger charge is 2.32. The smallest absolute Gasteiger partial charge is 0.191 e. The lowest BCUT2D eigenvalue weighted by atomic mass is 9.97. The van der Waals surface area contributed by atoms with Crippen LogP contribution in [0.25, 0.3) is 0 Å². The molecule has 0 radical (unpaired) electrons. The van der Waals surface area contributed by atoms with Gasteiger partial charge in [0, 0.05) is 11.3 Å². The topological polar surface area (TPSA) is 71.2 Å². The first-order valence-corrected chi connectivity index (χ1v) is 7.57. The molecule has 0 saturated heterocycles. The summed E-state index contributed by atoms with van der Waals surface area (Å²) >= 11 is 1.63. The van der Waals surface area contributed by atoms with E-state index >= 15 is 0 Å². The van der Waals surface area contributed by atoms with Crippen LogP contribution < -0.4 is 0 Å². The molecular weight excluding hydrogens is 250 g/mol. The van der Waals surface area contributed by atoms with E-state index in [-0.39, 0.29) is 18.0 Å². The molecule has 2 N–H and O–H groups in total. The zero-order valence-electron chi connectivity index (χ0n) is 10.3. The molecule has 0 spiro atoms. The third kappa shape index (κ3) is 2.41. The molecular formula is C12H19N3O2S. The number of aliphatic hydroxyl groups is 2. The average molecular weight is 269 g/mol. The Morgan fingerprint density at radius 1 is 1.17 bits per heavy atom. The second-order valence-electron chi connectivity index (χ2n) is 5.17. The van der Waals surface area contributed by atoms with Crippen LogP contribution in [0.1, 0.15) is 50.4 Å². The van der Waals surface area contributed by atoms with Crippen LogP contribution >= 0.6 is 11.8 Å². The lowest BCUT2D eigenvalue weighted by Crippen LogP contribution is -2.27. The van der Waals surface area contributed by atoms with Crippen molar-refractivity contribution in [2.24, 2.45) is 0 Å². The lowest BCUT2D eigenvalue weighted by molar-refractivity contribution is 0.136. The Balaban J connectivity index is 1.77. The molecule has 2 fully saturated rings.